The van der Waals surface area contributed by atoms with Crippen LogP contribution in [0, 0.1) is 0 Å². The monoisotopic (exact) mass is 402 g/mol. The van der Waals surface area contributed by atoms with Gasteiger partial charge in [-0.3, -0.25) is 9.59 Å². The molecule has 0 aliphatic carbocycles. The normalized spacial score (nSPS) is 14.4. The van der Waals surface area contributed by atoms with Gasteiger partial charge in [-0.05, 0) is 29.8 Å². The second-order valence-electron chi connectivity index (χ2n) is 6.29. The molecule has 4 amide bonds. The fourth-order valence-electron chi connectivity index (χ4n) is 3.11. The average Bonchev–Trinajstić information content (AvgIpc) is 2.76. The van der Waals surface area contributed by atoms with Crippen LogP contribution in [0.1, 0.15) is 5.56 Å². The minimum Gasteiger partial charge on any atom is -0.268 e. The molecule has 0 radical (unpaired) electrons. The number of halogens is 1. The lowest BCUT2D eigenvalue weighted by Crippen LogP contribution is -2.57. The maximum atomic E-state index is 13.3. The molecular weight excluding hydrogens is 388 g/mol. The van der Waals surface area contributed by atoms with Gasteiger partial charge in [-0.1, -0.05) is 78.3 Å². The number of hydrogen-bond donors (Lipinski definition) is 0. The molecule has 5 nitrogen and oxygen atoms in total. The van der Waals surface area contributed by atoms with E-state index in [1.807, 2.05) is 0 Å². The van der Waals surface area contributed by atoms with E-state index in [1.54, 1.807) is 91.0 Å². The van der Waals surface area contributed by atoms with Gasteiger partial charge in [0.05, 0.1) is 16.4 Å². The maximum Gasteiger partial charge on any atom is 0.343 e. The van der Waals surface area contributed by atoms with Crippen molar-refractivity contribution < 1.29 is 14.4 Å². The van der Waals surface area contributed by atoms with Gasteiger partial charge in [0.15, 0.2) is 0 Å². The molecule has 3 aromatic carbocycles. The summed E-state index contributed by atoms with van der Waals surface area (Å²) < 4.78 is 0. The second kappa shape index (κ2) is 7.73. The summed E-state index contributed by atoms with van der Waals surface area (Å²) in [5.41, 5.74) is 0.961. The van der Waals surface area contributed by atoms with Crippen molar-refractivity contribution in [1.82, 2.24) is 0 Å². The maximum absolute atomic E-state index is 13.3. The number of carbonyl (C=O) groups excluding carboxylic acids is 3. The van der Waals surface area contributed by atoms with E-state index in [9.17, 15) is 14.4 Å². The molecular formula is C23H15ClN2O3. The van der Waals surface area contributed by atoms with Crippen molar-refractivity contribution in [2.45, 2.75) is 0 Å². The van der Waals surface area contributed by atoms with Gasteiger partial charge in [0.2, 0.25) is 0 Å². The average molecular weight is 403 g/mol. The molecule has 1 heterocycles. The first-order valence-corrected chi connectivity index (χ1v) is 9.25. The van der Waals surface area contributed by atoms with E-state index in [0.717, 1.165) is 9.80 Å². The van der Waals surface area contributed by atoms with Crippen LogP contribution in [0.2, 0.25) is 0 Å². The predicted molar refractivity (Wildman–Crippen MR) is 112 cm³/mol. The Hall–Kier alpha value is -3.70. The summed E-state index contributed by atoms with van der Waals surface area (Å²) in [6.07, 6.45) is 0. The Bertz CT molecular complexity index is 1050. The van der Waals surface area contributed by atoms with E-state index in [1.165, 1.54) is 0 Å². The highest BCUT2D eigenvalue weighted by molar-refractivity contribution is 6.58. The quantitative estimate of drug-likeness (QED) is 0.465. The number of imide groups is 2. The van der Waals surface area contributed by atoms with Gasteiger partial charge < -0.3 is 0 Å². The van der Waals surface area contributed by atoms with E-state index in [2.05, 4.69) is 0 Å². The first kappa shape index (κ1) is 18.7. The highest BCUT2D eigenvalue weighted by Crippen LogP contribution is 2.33. The van der Waals surface area contributed by atoms with Crippen molar-refractivity contribution in [3.63, 3.8) is 0 Å². The summed E-state index contributed by atoms with van der Waals surface area (Å²) in [6, 6.07) is 24.9. The number of rotatable bonds is 3. The van der Waals surface area contributed by atoms with E-state index >= 15 is 0 Å². The molecule has 0 atom stereocenters. The Morgan fingerprint density at radius 1 is 0.586 bits per heavy atom. The fraction of sp³-hybridized carbons (Fsp3) is 0. The second-order valence-corrected chi connectivity index (χ2v) is 6.67. The third-order valence-electron chi connectivity index (χ3n) is 4.49. The molecule has 1 aliphatic rings. The third kappa shape index (κ3) is 3.32. The Kier molecular flexibility index (Phi) is 4.97. The number of urea groups is 1. The topological polar surface area (TPSA) is 57.7 Å². The molecule has 0 unspecified atom stereocenters. The van der Waals surface area contributed by atoms with Crippen LogP contribution in [0.3, 0.4) is 0 Å². The molecule has 1 aliphatic heterocycles. The summed E-state index contributed by atoms with van der Waals surface area (Å²) in [4.78, 5) is 41.6. The van der Waals surface area contributed by atoms with Gasteiger partial charge in [-0.15, -0.1) is 0 Å². The fourth-order valence-corrected chi connectivity index (χ4v) is 3.40. The molecule has 0 saturated carbocycles. The molecule has 0 N–H and O–H groups in total. The van der Waals surface area contributed by atoms with Crippen LogP contribution in [0.25, 0.3) is 5.03 Å². The largest absolute Gasteiger partial charge is 0.343 e. The smallest absolute Gasteiger partial charge is 0.268 e. The van der Waals surface area contributed by atoms with Crippen molar-refractivity contribution in [3.8, 4) is 0 Å². The first-order chi connectivity index (χ1) is 14.1. The van der Waals surface area contributed by atoms with Gasteiger partial charge in [0, 0.05) is 0 Å². The SMILES string of the molecule is O=C1C(=C(Cl)c2ccccc2)C(=O)N(c2ccccc2)C(=O)N1c1ccccc1. The number of hydrogen-bond acceptors (Lipinski definition) is 3. The molecule has 0 aromatic heterocycles. The minimum atomic E-state index is -0.757. The molecule has 3 aromatic rings. The van der Waals surface area contributed by atoms with E-state index in [0.29, 0.717) is 16.9 Å². The lowest BCUT2D eigenvalue weighted by Gasteiger charge is -2.34. The van der Waals surface area contributed by atoms with Gasteiger partial charge in [0.25, 0.3) is 11.8 Å². The zero-order valence-corrected chi connectivity index (χ0v) is 15.9. The highest BCUT2D eigenvalue weighted by Gasteiger charge is 2.45. The molecule has 4 rings (SSSR count). The van der Waals surface area contributed by atoms with Gasteiger partial charge in [0.1, 0.15) is 5.57 Å². The highest BCUT2D eigenvalue weighted by atomic mass is 35.5. The van der Waals surface area contributed by atoms with E-state index < -0.39 is 17.8 Å². The Morgan fingerprint density at radius 3 is 1.38 bits per heavy atom. The number of barbiturate groups is 1. The standard InChI is InChI=1S/C23H15ClN2O3/c24-20(16-10-4-1-5-11-16)19-21(27)25(17-12-6-2-7-13-17)23(29)26(22(19)28)18-14-8-3-9-15-18/h1-15H. The van der Waals surface area contributed by atoms with Crippen molar-refractivity contribution in [3.05, 3.63) is 102 Å². The zero-order chi connectivity index (χ0) is 20.4. The van der Waals surface area contributed by atoms with E-state index in [-0.39, 0.29) is 10.6 Å². The predicted octanol–water partition coefficient (Wildman–Crippen LogP) is 4.84. The van der Waals surface area contributed by atoms with Gasteiger partial charge >= 0.3 is 6.03 Å². The number of para-hydroxylation sites is 2. The van der Waals surface area contributed by atoms with Crippen molar-refractivity contribution in [1.29, 1.82) is 0 Å². The van der Waals surface area contributed by atoms with Gasteiger partial charge in [-0.25, -0.2) is 14.6 Å². The molecule has 0 spiro atoms. The molecule has 6 heteroatoms. The number of carbonyl (C=O) groups is 3. The van der Waals surface area contributed by atoms with Gasteiger partial charge in [-0.2, -0.15) is 0 Å². The summed E-state index contributed by atoms with van der Waals surface area (Å²) >= 11 is 6.50. The summed E-state index contributed by atoms with van der Waals surface area (Å²) in [5.74, 6) is -1.51. The zero-order valence-electron chi connectivity index (χ0n) is 15.2. The lowest BCUT2D eigenvalue weighted by atomic mass is 10.0. The van der Waals surface area contributed by atoms with Crippen LogP contribution in [-0.2, 0) is 9.59 Å². The molecule has 1 fully saturated rings. The Labute approximate surface area is 172 Å². The lowest BCUT2D eigenvalue weighted by molar-refractivity contribution is -0.121. The van der Waals surface area contributed by atoms with Crippen molar-refractivity contribution in [2.24, 2.45) is 0 Å². The Balaban J connectivity index is 1.93. The number of anilines is 2. The van der Waals surface area contributed by atoms with Crippen LogP contribution in [0.5, 0.6) is 0 Å². The van der Waals surface area contributed by atoms with Crippen LogP contribution < -0.4 is 9.80 Å². The van der Waals surface area contributed by atoms with Crippen LogP contribution in [-0.4, -0.2) is 17.8 Å². The Morgan fingerprint density at radius 2 is 0.966 bits per heavy atom. The molecule has 142 valence electrons. The number of amides is 4. The summed E-state index contributed by atoms with van der Waals surface area (Å²) in [5, 5.41) is -0.00466. The minimum absolute atomic E-state index is 0.00466. The molecule has 0 bridgehead atoms. The third-order valence-corrected chi connectivity index (χ3v) is 4.90. The van der Waals surface area contributed by atoms with Crippen LogP contribution >= 0.6 is 11.6 Å². The van der Waals surface area contributed by atoms with Crippen LogP contribution in [0.15, 0.2) is 96.6 Å². The number of nitrogens with zero attached hydrogens (tertiary/aromatic N) is 2. The van der Waals surface area contributed by atoms with Crippen molar-refractivity contribution in [2.75, 3.05) is 9.80 Å². The van der Waals surface area contributed by atoms with Crippen LogP contribution in [0.4, 0.5) is 16.2 Å². The molecule has 29 heavy (non-hydrogen) atoms. The first-order valence-electron chi connectivity index (χ1n) is 8.88. The van der Waals surface area contributed by atoms with E-state index in [4.69, 9.17) is 11.6 Å². The summed E-state index contributed by atoms with van der Waals surface area (Å²) in [6.45, 7) is 0. The number of benzene rings is 3. The van der Waals surface area contributed by atoms with Crippen molar-refractivity contribution >= 4 is 45.9 Å². The summed E-state index contributed by atoms with van der Waals surface area (Å²) in [7, 11) is 0. The molecule has 1 saturated heterocycles.